The van der Waals surface area contributed by atoms with Crippen LogP contribution >= 0.6 is 0 Å². The van der Waals surface area contributed by atoms with Gasteiger partial charge in [0.1, 0.15) is 0 Å². The topological polar surface area (TPSA) is 38.7 Å². The largest absolute Gasteiger partial charge is 0.393 e. The van der Waals surface area contributed by atoms with Crippen LogP contribution in [0.15, 0.2) is 0 Å². The molecule has 0 aromatic heterocycles. The fraction of sp³-hybridized carbons (Fsp3) is 1.00. The summed E-state index contributed by atoms with van der Waals surface area (Å²) in [5.74, 6) is 0. The van der Waals surface area contributed by atoms with Crippen molar-refractivity contribution in [2.75, 3.05) is 26.9 Å². The third-order valence-electron chi connectivity index (χ3n) is 1.41. The van der Waals surface area contributed by atoms with Gasteiger partial charge in [-0.05, 0) is 33.6 Å². The van der Waals surface area contributed by atoms with Crippen molar-refractivity contribution in [2.45, 2.75) is 53.6 Å². The van der Waals surface area contributed by atoms with Crippen LogP contribution in [0.1, 0.15) is 47.5 Å². The fourth-order valence-electron chi connectivity index (χ4n) is 0.408. The summed E-state index contributed by atoms with van der Waals surface area (Å²) in [6.45, 7) is 12.4. The highest BCUT2D eigenvalue weighted by Crippen LogP contribution is 1.81. The van der Waals surface area contributed by atoms with Crippen molar-refractivity contribution in [1.82, 2.24) is 0 Å². The van der Waals surface area contributed by atoms with Crippen LogP contribution in [0, 0.1) is 0 Å². The molecule has 0 radical (unpaired) electrons. The maximum atomic E-state index is 8.36. The minimum Gasteiger partial charge on any atom is -0.393 e. The van der Waals surface area contributed by atoms with Gasteiger partial charge in [-0.3, -0.25) is 0 Å². The summed E-state index contributed by atoms with van der Waals surface area (Å²) < 4.78 is 9.52. The molecule has 15 heavy (non-hydrogen) atoms. The Labute approximate surface area is 95.8 Å². The third kappa shape index (κ3) is 56.7. The number of hydrogen-bond acceptors (Lipinski definition) is 3. The van der Waals surface area contributed by atoms with Gasteiger partial charge >= 0.3 is 0 Å². The number of aliphatic hydroxyl groups is 1. The van der Waals surface area contributed by atoms with Crippen molar-refractivity contribution in [3.63, 3.8) is 0 Å². The second-order valence-corrected chi connectivity index (χ2v) is 3.03. The molecular weight excluding hydrogens is 192 g/mol. The minimum atomic E-state index is -0.116. The molecule has 0 saturated carbocycles. The van der Waals surface area contributed by atoms with E-state index in [9.17, 15) is 0 Å². The third-order valence-corrected chi connectivity index (χ3v) is 1.41. The molecule has 0 aromatic rings. The highest BCUT2D eigenvalue weighted by Gasteiger charge is 1.81. The maximum Gasteiger partial charge on any atom is 0.0509 e. The molecule has 1 unspecified atom stereocenters. The van der Waals surface area contributed by atoms with E-state index in [1.807, 2.05) is 20.8 Å². The zero-order valence-corrected chi connectivity index (χ0v) is 11.4. The molecule has 0 saturated heterocycles. The Morgan fingerprint density at radius 2 is 1.47 bits per heavy atom. The van der Waals surface area contributed by atoms with Gasteiger partial charge < -0.3 is 14.6 Å². The molecule has 0 amide bonds. The van der Waals surface area contributed by atoms with E-state index in [4.69, 9.17) is 14.6 Å². The van der Waals surface area contributed by atoms with Crippen molar-refractivity contribution in [3.05, 3.63) is 0 Å². The first-order valence-electron chi connectivity index (χ1n) is 5.85. The predicted octanol–water partition coefficient (Wildman–Crippen LogP) is 2.86. The Morgan fingerprint density at radius 3 is 1.47 bits per heavy atom. The molecule has 0 bridgehead atoms. The maximum absolute atomic E-state index is 8.36. The average molecular weight is 222 g/mol. The summed E-state index contributed by atoms with van der Waals surface area (Å²) >= 11 is 0. The smallest absolute Gasteiger partial charge is 0.0509 e. The zero-order valence-electron chi connectivity index (χ0n) is 11.4. The van der Waals surface area contributed by atoms with Crippen LogP contribution in [0.25, 0.3) is 0 Å². The van der Waals surface area contributed by atoms with Crippen LogP contribution in [-0.4, -0.2) is 38.1 Å². The van der Waals surface area contributed by atoms with Gasteiger partial charge in [-0.1, -0.05) is 13.8 Å². The number of aliphatic hydroxyl groups excluding tert-OH is 1. The highest BCUT2D eigenvalue weighted by molar-refractivity contribution is 4.34. The van der Waals surface area contributed by atoms with Gasteiger partial charge in [-0.2, -0.15) is 0 Å². The Bertz CT molecular complexity index is 65.3. The minimum absolute atomic E-state index is 0.116. The van der Waals surface area contributed by atoms with Crippen molar-refractivity contribution in [2.24, 2.45) is 0 Å². The molecule has 0 aliphatic carbocycles. The number of rotatable bonds is 5. The molecule has 3 nitrogen and oxygen atoms in total. The Kier molecular flexibility index (Phi) is 31.9. The molecule has 0 heterocycles. The average Bonchev–Trinajstić information content (AvgIpc) is 2.22. The van der Waals surface area contributed by atoms with Crippen LogP contribution in [0.3, 0.4) is 0 Å². The van der Waals surface area contributed by atoms with Crippen LogP contribution < -0.4 is 0 Å². The van der Waals surface area contributed by atoms with Gasteiger partial charge in [0, 0.05) is 26.9 Å². The van der Waals surface area contributed by atoms with E-state index in [0.29, 0.717) is 0 Å². The summed E-state index contributed by atoms with van der Waals surface area (Å²) in [5, 5.41) is 8.36. The summed E-state index contributed by atoms with van der Waals surface area (Å²) in [6, 6.07) is 0. The summed E-state index contributed by atoms with van der Waals surface area (Å²) in [6.07, 6.45) is 1.87. The summed E-state index contributed by atoms with van der Waals surface area (Å²) in [4.78, 5) is 0. The van der Waals surface area contributed by atoms with Crippen LogP contribution in [-0.2, 0) is 9.47 Å². The second kappa shape index (κ2) is 23.6. The van der Waals surface area contributed by atoms with Gasteiger partial charge in [-0.25, -0.2) is 0 Å². The Hall–Kier alpha value is -0.120. The second-order valence-electron chi connectivity index (χ2n) is 3.03. The lowest BCUT2D eigenvalue weighted by atomic mass is 10.3. The van der Waals surface area contributed by atoms with Gasteiger partial charge in [0.15, 0.2) is 0 Å². The Morgan fingerprint density at radius 1 is 1.07 bits per heavy atom. The monoisotopic (exact) mass is 222 g/mol. The van der Waals surface area contributed by atoms with Gasteiger partial charge in [0.2, 0.25) is 0 Å². The van der Waals surface area contributed by atoms with Gasteiger partial charge in [0.05, 0.1) is 6.10 Å². The van der Waals surface area contributed by atoms with E-state index in [0.717, 1.165) is 32.7 Å². The van der Waals surface area contributed by atoms with E-state index in [2.05, 4.69) is 6.92 Å². The van der Waals surface area contributed by atoms with Crippen molar-refractivity contribution < 1.29 is 14.6 Å². The first kappa shape index (κ1) is 20.3. The van der Waals surface area contributed by atoms with E-state index in [-0.39, 0.29) is 6.10 Å². The predicted molar refractivity (Wildman–Crippen MR) is 66.3 cm³/mol. The quantitative estimate of drug-likeness (QED) is 0.777. The lowest BCUT2D eigenvalue weighted by Gasteiger charge is -1.90. The first-order valence-corrected chi connectivity index (χ1v) is 5.85. The lowest BCUT2D eigenvalue weighted by molar-refractivity contribution is 0.162. The van der Waals surface area contributed by atoms with Gasteiger partial charge in [-0.15, -0.1) is 0 Å². The SMILES string of the molecule is CCC(C)O.CCCOC.CCOCC. The molecule has 1 atom stereocenters. The number of methoxy groups -OCH3 is 1. The molecule has 0 aromatic carbocycles. The molecule has 3 heteroatoms. The van der Waals surface area contributed by atoms with Crippen LogP contribution in [0.4, 0.5) is 0 Å². The normalized spacial score (nSPS) is 10.6. The molecule has 0 rings (SSSR count). The lowest BCUT2D eigenvalue weighted by Crippen LogP contribution is -1.93. The zero-order chi connectivity index (χ0) is 12.5. The standard InChI is InChI=1S/3C4H10O/c1-3-4-5-2;1-3-5-4-2;1-3-4(2)5/h2*3-4H2,1-2H3;4-5H,3H2,1-2H3. The molecule has 0 spiro atoms. The van der Waals surface area contributed by atoms with Crippen molar-refractivity contribution in [3.8, 4) is 0 Å². The van der Waals surface area contributed by atoms with Crippen LogP contribution in [0.2, 0.25) is 0 Å². The summed E-state index contributed by atoms with van der Waals surface area (Å²) in [5.41, 5.74) is 0. The van der Waals surface area contributed by atoms with E-state index >= 15 is 0 Å². The Balaban J connectivity index is -0.000000144. The fourth-order valence-corrected chi connectivity index (χ4v) is 0.408. The highest BCUT2D eigenvalue weighted by atomic mass is 16.5. The van der Waals surface area contributed by atoms with E-state index in [1.54, 1.807) is 14.0 Å². The number of ether oxygens (including phenoxy) is 2. The molecular formula is C12H30O3. The van der Waals surface area contributed by atoms with Crippen molar-refractivity contribution >= 4 is 0 Å². The molecule has 96 valence electrons. The number of hydrogen-bond donors (Lipinski definition) is 1. The molecule has 0 aliphatic rings. The van der Waals surface area contributed by atoms with Crippen molar-refractivity contribution in [1.29, 1.82) is 0 Å². The first-order chi connectivity index (χ1) is 7.10. The molecule has 0 fully saturated rings. The van der Waals surface area contributed by atoms with E-state index < -0.39 is 0 Å². The molecule has 0 aliphatic heterocycles. The van der Waals surface area contributed by atoms with Gasteiger partial charge in [0.25, 0.3) is 0 Å². The van der Waals surface area contributed by atoms with E-state index in [1.165, 1.54) is 0 Å². The summed E-state index contributed by atoms with van der Waals surface area (Å²) in [7, 11) is 1.71. The molecule has 1 N–H and O–H groups in total. The van der Waals surface area contributed by atoms with Crippen LogP contribution in [0.5, 0.6) is 0 Å².